The molecule has 80 valence electrons. The van der Waals surface area contributed by atoms with Gasteiger partial charge in [-0.15, -0.1) is 13.2 Å². The first-order valence-corrected chi connectivity index (χ1v) is 4.21. The van der Waals surface area contributed by atoms with Gasteiger partial charge < -0.3 is 4.74 Å². The van der Waals surface area contributed by atoms with Crippen molar-refractivity contribution in [3.05, 3.63) is 26.5 Å². The molecule has 0 aliphatic carbocycles. The lowest BCUT2D eigenvalue weighted by atomic mass is 10.3. The molecule has 0 atom stereocenters. The number of H-pyrrole nitrogens is 1. The molecule has 15 heavy (non-hydrogen) atoms. The van der Waals surface area contributed by atoms with Crippen LogP contribution in [0.15, 0.2) is 15.3 Å². The van der Waals surface area contributed by atoms with Crippen molar-refractivity contribution in [1.82, 2.24) is 4.98 Å². The van der Waals surface area contributed by atoms with Crippen LogP contribution in [0.4, 0.5) is 13.2 Å². The molecule has 4 nitrogen and oxygen atoms in total. The third-order valence-electron chi connectivity index (χ3n) is 1.30. The average molecular weight is 283 g/mol. The highest BCUT2D eigenvalue weighted by Gasteiger charge is 2.32. The molecule has 0 saturated heterocycles. The van der Waals surface area contributed by atoms with Gasteiger partial charge in [0.2, 0.25) is 5.88 Å². The van der Waals surface area contributed by atoms with Crippen molar-refractivity contribution in [1.29, 1.82) is 5.26 Å². The van der Waals surface area contributed by atoms with E-state index in [-0.39, 0.29) is 4.47 Å². The van der Waals surface area contributed by atoms with Gasteiger partial charge in [0, 0.05) is 0 Å². The highest BCUT2D eigenvalue weighted by atomic mass is 79.9. The first kappa shape index (κ1) is 11.6. The van der Waals surface area contributed by atoms with Gasteiger partial charge in [0.15, 0.2) is 0 Å². The van der Waals surface area contributed by atoms with Gasteiger partial charge in [0.1, 0.15) is 11.6 Å². The van der Waals surface area contributed by atoms with E-state index in [0.717, 1.165) is 6.07 Å². The average Bonchev–Trinajstić information content (AvgIpc) is 2.08. The molecular formula is C7H2BrF3N2O2. The number of hydrogen-bond donors (Lipinski definition) is 1. The van der Waals surface area contributed by atoms with Gasteiger partial charge >= 0.3 is 6.36 Å². The summed E-state index contributed by atoms with van der Waals surface area (Å²) >= 11 is 2.77. The molecule has 0 amide bonds. The minimum absolute atomic E-state index is 0.0476. The van der Waals surface area contributed by atoms with Gasteiger partial charge in [-0.05, 0) is 22.0 Å². The van der Waals surface area contributed by atoms with Crippen LogP contribution >= 0.6 is 15.9 Å². The second kappa shape index (κ2) is 3.94. The number of nitriles is 1. The number of rotatable bonds is 1. The number of hydrogen-bond acceptors (Lipinski definition) is 3. The Hall–Kier alpha value is -1.49. The lowest BCUT2D eigenvalue weighted by Crippen LogP contribution is -2.21. The zero-order valence-corrected chi connectivity index (χ0v) is 8.44. The summed E-state index contributed by atoms with van der Waals surface area (Å²) in [5.74, 6) is -0.918. The molecule has 1 heterocycles. The van der Waals surface area contributed by atoms with E-state index in [4.69, 9.17) is 5.26 Å². The van der Waals surface area contributed by atoms with Crippen molar-refractivity contribution in [2.24, 2.45) is 0 Å². The molecule has 0 fully saturated rings. The minimum atomic E-state index is -4.96. The van der Waals surface area contributed by atoms with Crippen LogP contribution in [0.5, 0.6) is 5.88 Å². The lowest BCUT2D eigenvalue weighted by Gasteiger charge is -2.09. The van der Waals surface area contributed by atoms with E-state index >= 15 is 0 Å². The zero-order chi connectivity index (χ0) is 11.6. The summed E-state index contributed by atoms with van der Waals surface area (Å²) in [5.41, 5.74) is -1.23. The number of ether oxygens (including phenoxy) is 1. The van der Waals surface area contributed by atoms with E-state index in [2.05, 4.69) is 20.7 Å². The molecule has 1 aromatic heterocycles. The molecule has 1 rings (SSSR count). The smallest absolute Gasteiger partial charge is 0.388 e. The maximum atomic E-state index is 11.8. The Labute approximate surface area is 89.4 Å². The van der Waals surface area contributed by atoms with Crippen LogP contribution in [0.1, 0.15) is 5.56 Å². The lowest BCUT2D eigenvalue weighted by molar-refractivity contribution is -0.276. The summed E-state index contributed by atoms with van der Waals surface area (Å²) in [6.07, 6.45) is -4.96. The molecule has 0 aliphatic heterocycles. The third kappa shape index (κ3) is 2.99. The molecule has 0 spiro atoms. The normalized spacial score (nSPS) is 10.9. The van der Waals surface area contributed by atoms with E-state index in [0.29, 0.717) is 0 Å². The molecular weight excluding hydrogens is 281 g/mol. The SMILES string of the molecule is N#Cc1cc(Br)c(=O)[nH]c1OC(F)(F)F. The number of halogens is 4. The van der Waals surface area contributed by atoms with Crippen LogP contribution in [0, 0.1) is 11.3 Å². The Balaban J connectivity index is 3.24. The summed E-state index contributed by atoms with van der Waals surface area (Å²) in [5, 5.41) is 8.49. The quantitative estimate of drug-likeness (QED) is 0.856. The van der Waals surface area contributed by atoms with Crippen molar-refractivity contribution < 1.29 is 17.9 Å². The van der Waals surface area contributed by atoms with E-state index in [1.54, 1.807) is 4.98 Å². The number of pyridine rings is 1. The summed E-state index contributed by atoms with van der Waals surface area (Å²) < 4.78 is 38.9. The molecule has 0 aliphatic rings. The molecule has 0 radical (unpaired) electrons. The molecule has 0 bridgehead atoms. The minimum Gasteiger partial charge on any atom is -0.388 e. The van der Waals surface area contributed by atoms with Crippen molar-refractivity contribution in [3.8, 4) is 11.9 Å². The fourth-order valence-electron chi connectivity index (χ4n) is 0.767. The number of alkyl halides is 3. The van der Waals surface area contributed by atoms with Crippen molar-refractivity contribution in [2.45, 2.75) is 6.36 Å². The second-order valence-electron chi connectivity index (χ2n) is 2.35. The topological polar surface area (TPSA) is 65.9 Å². The van der Waals surface area contributed by atoms with Gasteiger partial charge in [-0.25, -0.2) is 0 Å². The van der Waals surface area contributed by atoms with E-state index in [9.17, 15) is 18.0 Å². The Kier molecular flexibility index (Phi) is 3.04. The number of nitrogens with one attached hydrogen (secondary N) is 1. The first-order valence-electron chi connectivity index (χ1n) is 3.42. The summed E-state index contributed by atoms with van der Waals surface area (Å²) in [6, 6.07) is 2.41. The van der Waals surface area contributed by atoms with Crippen molar-refractivity contribution >= 4 is 15.9 Å². The molecule has 0 unspecified atom stereocenters. The molecule has 0 aromatic carbocycles. The highest BCUT2D eigenvalue weighted by molar-refractivity contribution is 9.10. The largest absolute Gasteiger partial charge is 0.574 e. The number of aromatic amines is 1. The Bertz CT molecular complexity index is 475. The van der Waals surface area contributed by atoms with Crippen LogP contribution in [-0.4, -0.2) is 11.3 Å². The van der Waals surface area contributed by atoms with Gasteiger partial charge in [-0.1, -0.05) is 0 Å². The van der Waals surface area contributed by atoms with Crippen molar-refractivity contribution in [3.63, 3.8) is 0 Å². The Morgan fingerprint density at radius 1 is 1.53 bits per heavy atom. The van der Waals surface area contributed by atoms with Gasteiger partial charge in [-0.3, -0.25) is 9.78 Å². The maximum absolute atomic E-state index is 11.8. The Morgan fingerprint density at radius 2 is 2.13 bits per heavy atom. The molecule has 8 heteroatoms. The van der Waals surface area contributed by atoms with Crippen LogP contribution in [0.25, 0.3) is 0 Å². The summed E-state index contributed by atoms with van der Waals surface area (Å²) in [7, 11) is 0. The first-order chi connectivity index (χ1) is 6.83. The van der Waals surface area contributed by atoms with E-state index in [1.807, 2.05) is 0 Å². The number of nitrogens with zero attached hydrogens (tertiary/aromatic N) is 1. The molecule has 1 N–H and O–H groups in total. The molecule has 1 aromatic rings. The van der Waals surface area contributed by atoms with Crippen LogP contribution in [-0.2, 0) is 0 Å². The zero-order valence-electron chi connectivity index (χ0n) is 6.85. The summed E-state index contributed by atoms with van der Waals surface area (Å²) in [4.78, 5) is 12.7. The summed E-state index contributed by atoms with van der Waals surface area (Å²) in [6.45, 7) is 0. The van der Waals surface area contributed by atoms with Gasteiger partial charge in [-0.2, -0.15) is 5.26 Å². The molecule has 0 saturated carbocycles. The van der Waals surface area contributed by atoms with Gasteiger partial charge in [0.05, 0.1) is 4.47 Å². The van der Waals surface area contributed by atoms with E-state index < -0.39 is 23.4 Å². The Morgan fingerprint density at radius 3 is 2.60 bits per heavy atom. The predicted molar refractivity (Wildman–Crippen MR) is 46.2 cm³/mol. The highest BCUT2D eigenvalue weighted by Crippen LogP contribution is 2.23. The van der Waals surface area contributed by atoms with Crippen molar-refractivity contribution in [2.75, 3.05) is 0 Å². The van der Waals surface area contributed by atoms with E-state index in [1.165, 1.54) is 6.07 Å². The van der Waals surface area contributed by atoms with Crippen LogP contribution in [0.3, 0.4) is 0 Å². The van der Waals surface area contributed by atoms with Gasteiger partial charge in [0.25, 0.3) is 5.56 Å². The maximum Gasteiger partial charge on any atom is 0.574 e. The fourth-order valence-corrected chi connectivity index (χ4v) is 1.10. The third-order valence-corrected chi connectivity index (χ3v) is 1.89. The number of aromatic nitrogens is 1. The second-order valence-corrected chi connectivity index (χ2v) is 3.20. The standard InChI is InChI=1S/C7H2BrF3N2O2/c8-4-1-3(2-12)6(13-5(4)14)15-7(9,10)11/h1H,(H,13,14). The predicted octanol–water partition coefficient (Wildman–Crippen LogP) is 1.91. The van der Waals surface area contributed by atoms with Crippen LogP contribution in [0.2, 0.25) is 0 Å². The monoisotopic (exact) mass is 282 g/mol. The van der Waals surface area contributed by atoms with Crippen LogP contribution < -0.4 is 10.3 Å². The fraction of sp³-hybridized carbons (Fsp3) is 0.143.